The molecule has 3 aromatic rings. The Labute approximate surface area is 162 Å². The Morgan fingerprint density at radius 1 is 1.15 bits per heavy atom. The molecule has 0 saturated heterocycles. The second-order valence-corrected chi connectivity index (χ2v) is 7.60. The Bertz CT molecular complexity index is 922. The van der Waals surface area contributed by atoms with Crippen LogP contribution in [0.2, 0.25) is 0 Å². The van der Waals surface area contributed by atoms with Gasteiger partial charge in [0.15, 0.2) is 5.82 Å². The maximum absolute atomic E-state index is 11.9. The number of anilines is 1. The van der Waals surface area contributed by atoms with Crippen molar-refractivity contribution >= 4 is 23.5 Å². The van der Waals surface area contributed by atoms with Crippen molar-refractivity contribution in [3.05, 3.63) is 77.0 Å². The van der Waals surface area contributed by atoms with E-state index in [1.165, 1.54) is 5.56 Å². The van der Waals surface area contributed by atoms with E-state index in [4.69, 9.17) is 4.74 Å². The number of carbonyl (C=O) groups excluding carboxylic acids is 1. The van der Waals surface area contributed by atoms with Crippen molar-refractivity contribution in [2.45, 2.75) is 18.6 Å². The summed E-state index contributed by atoms with van der Waals surface area (Å²) >= 11 is 1.61. The fourth-order valence-electron chi connectivity index (χ4n) is 3.20. The highest BCUT2D eigenvalue weighted by atomic mass is 32.2. The molecule has 6 heteroatoms. The van der Waals surface area contributed by atoms with Gasteiger partial charge in [0.25, 0.3) is 0 Å². The van der Waals surface area contributed by atoms with Gasteiger partial charge in [-0.15, -0.1) is 11.8 Å². The molecule has 0 radical (unpaired) electrons. The predicted molar refractivity (Wildman–Crippen MR) is 108 cm³/mol. The van der Waals surface area contributed by atoms with E-state index in [2.05, 4.69) is 39.8 Å². The first-order valence-corrected chi connectivity index (χ1v) is 9.98. The van der Waals surface area contributed by atoms with Gasteiger partial charge in [-0.05, 0) is 30.2 Å². The average Bonchev–Trinajstić information content (AvgIpc) is 2.95. The third-order valence-corrected chi connectivity index (χ3v) is 5.85. The molecule has 1 amide bonds. The second kappa shape index (κ2) is 7.88. The van der Waals surface area contributed by atoms with Crippen molar-refractivity contribution in [1.82, 2.24) is 10.2 Å². The third-order valence-electron chi connectivity index (χ3n) is 4.58. The summed E-state index contributed by atoms with van der Waals surface area (Å²) in [6.45, 7) is 2.63. The average molecular weight is 379 g/mol. The SMILES string of the molecule is Cc1[nH]nc2c1[C@@H](c1ccc(OCCc3ccccc3)cc1)SCC(=O)N2. The Morgan fingerprint density at radius 2 is 1.93 bits per heavy atom. The van der Waals surface area contributed by atoms with Gasteiger partial charge in [-0.3, -0.25) is 9.89 Å². The van der Waals surface area contributed by atoms with Crippen LogP contribution in [0, 0.1) is 6.92 Å². The molecule has 5 nitrogen and oxygen atoms in total. The maximum atomic E-state index is 11.9. The summed E-state index contributed by atoms with van der Waals surface area (Å²) in [6.07, 6.45) is 0.881. The molecular formula is C21H21N3O2S. The first kappa shape index (κ1) is 17.7. The summed E-state index contributed by atoms with van der Waals surface area (Å²) in [5.74, 6) is 1.88. The summed E-state index contributed by atoms with van der Waals surface area (Å²) in [6, 6.07) is 18.5. The number of aromatic nitrogens is 2. The van der Waals surface area contributed by atoms with Crippen LogP contribution in [0.5, 0.6) is 5.75 Å². The van der Waals surface area contributed by atoms with Crippen molar-refractivity contribution in [3.8, 4) is 5.75 Å². The lowest BCUT2D eigenvalue weighted by atomic mass is 10.0. The minimum atomic E-state index is -0.0175. The number of aryl methyl sites for hydroxylation is 1. The third kappa shape index (κ3) is 4.01. The summed E-state index contributed by atoms with van der Waals surface area (Å²) in [5, 5.41) is 10.2. The van der Waals surface area contributed by atoms with E-state index in [1.807, 2.05) is 37.3 Å². The molecule has 138 valence electrons. The van der Waals surface area contributed by atoms with Crippen LogP contribution in [0.1, 0.15) is 27.6 Å². The van der Waals surface area contributed by atoms with Crippen LogP contribution in [0.25, 0.3) is 0 Å². The molecule has 0 aliphatic carbocycles. The molecule has 2 aromatic carbocycles. The number of rotatable bonds is 5. The second-order valence-electron chi connectivity index (χ2n) is 6.50. The normalized spacial score (nSPS) is 16.3. The molecule has 1 aliphatic heterocycles. The van der Waals surface area contributed by atoms with E-state index < -0.39 is 0 Å². The number of nitrogens with zero attached hydrogens (tertiary/aromatic N) is 1. The van der Waals surface area contributed by atoms with Gasteiger partial charge < -0.3 is 10.1 Å². The number of thioether (sulfide) groups is 1. The number of aromatic amines is 1. The van der Waals surface area contributed by atoms with Gasteiger partial charge in [0, 0.05) is 17.7 Å². The van der Waals surface area contributed by atoms with Crippen molar-refractivity contribution in [2.75, 3.05) is 17.7 Å². The number of ether oxygens (including phenoxy) is 1. The van der Waals surface area contributed by atoms with E-state index in [1.54, 1.807) is 11.8 Å². The topological polar surface area (TPSA) is 67.0 Å². The Kier molecular flexibility index (Phi) is 5.16. The van der Waals surface area contributed by atoms with E-state index in [0.29, 0.717) is 18.2 Å². The zero-order valence-electron chi connectivity index (χ0n) is 15.1. The fourth-order valence-corrected chi connectivity index (χ4v) is 4.39. The minimum absolute atomic E-state index is 0.0175. The van der Waals surface area contributed by atoms with Crippen LogP contribution in [0.4, 0.5) is 5.82 Å². The maximum Gasteiger partial charge on any atom is 0.235 e. The van der Waals surface area contributed by atoms with Gasteiger partial charge in [0.2, 0.25) is 5.91 Å². The highest BCUT2D eigenvalue weighted by molar-refractivity contribution is 8.00. The number of hydrogen-bond donors (Lipinski definition) is 2. The summed E-state index contributed by atoms with van der Waals surface area (Å²) in [7, 11) is 0. The lowest BCUT2D eigenvalue weighted by Crippen LogP contribution is -2.12. The lowest BCUT2D eigenvalue weighted by molar-refractivity contribution is -0.113. The number of hydrogen-bond acceptors (Lipinski definition) is 4. The standard InChI is InChI=1S/C21H21N3O2S/c1-14-19-20(27-13-18(25)22-21(19)24-23-14)16-7-9-17(10-8-16)26-12-11-15-5-3-2-4-6-15/h2-10,20H,11-13H2,1H3,(H2,22,23,24,25)/t20-/m1/s1. The number of nitrogens with one attached hydrogen (secondary N) is 2. The van der Waals surface area contributed by atoms with Gasteiger partial charge in [-0.1, -0.05) is 42.5 Å². The van der Waals surface area contributed by atoms with E-state index in [0.717, 1.165) is 29.0 Å². The molecule has 1 aromatic heterocycles. The molecule has 0 fully saturated rings. The summed E-state index contributed by atoms with van der Waals surface area (Å²) in [4.78, 5) is 11.9. The van der Waals surface area contributed by atoms with Gasteiger partial charge in [0.1, 0.15) is 5.75 Å². The Morgan fingerprint density at radius 3 is 2.70 bits per heavy atom. The molecule has 0 unspecified atom stereocenters. The van der Waals surface area contributed by atoms with E-state index in [-0.39, 0.29) is 11.2 Å². The molecule has 0 bridgehead atoms. The molecule has 27 heavy (non-hydrogen) atoms. The zero-order valence-corrected chi connectivity index (χ0v) is 15.9. The zero-order chi connectivity index (χ0) is 18.6. The summed E-state index contributed by atoms with van der Waals surface area (Å²) < 4.78 is 5.88. The van der Waals surface area contributed by atoms with E-state index >= 15 is 0 Å². The lowest BCUT2D eigenvalue weighted by Gasteiger charge is -2.16. The molecule has 4 rings (SSSR count). The number of benzene rings is 2. The first-order chi connectivity index (χ1) is 13.2. The number of carbonyl (C=O) groups is 1. The molecule has 0 saturated carbocycles. The van der Waals surface area contributed by atoms with Crippen LogP contribution < -0.4 is 10.1 Å². The van der Waals surface area contributed by atoms with Crippen molar-refractivity contribution in [3.63, 3.8) is 0 Å². The fraction of sp³-hybridized carbons (Fsp3) is 0.238. The van der Waals surface area contributed by atoms with Crippen LogP contribution in [-0.2, 0) is 11.2 Å². The quantitative estimate of drug-likeness (QED) is 0.700. The minimum Gasteiger partial charge on any atom is -0.493 e. The van der Waals surface area contributed by atoms with Crippen LogP contribution in [0.15, 0.2) is 54.6 Å². The van der Waals surface area contributed by atoms with Crippen molar-refractivity contribution < 1.29 is 9.53 Å². The van der Waals surface area contributed by atoms with Crippen molar-refractivity contribution in [1.29, 1.82) is 0 Å². The molecular weight excluding hydrogens is 358 g/mol. The smallest absolute Gasteiger partial charge is 0.235 e. The predicted octanol–water partition coefficient (Wildman–Crippen LogP) is 4.11. The molecule has 1 atom stereocenters. The first-order valence-electron chi connectivity index (χ1n) is 8.94. The molecule has 0 spiro atoms. The van der Waals surface area contributed by atoms with Gasteiger partial charge in [0.05, 0.1) is 17.6 Å². The van der Waals surface area contributed by atoms with Gasteiger partial charge in [-0.25, -0.2) is 0 Å². The largest absolute Gasteiger partial charge is 0.493 e. The van der Waals surface area contributed by atoms with Gasteiger partial charge in [-0.2, -0.15) is 5.10 Å². The van der Waals surface area contributed by atoms with Crippen LogP contribution in [0.3, 0.4) is 0 Å². The highest BCUT2D eigenvalue weighted by Crippen LogP contribution is 2.42. The summed E-state index contributed by atoms with van der Waals surface area (Å²) in [5.41, 5.74) is 4.43. The Balaban J connectivity index is 1.46. The van der Waals surface area contributed by atoms with Crippen molar-refractivity contribution in [2.24, 2.45) is 0 Å². The van der Waals surface area contributed by atoms with Crippen LogP contribution in [-0.4, -0.2) is 28.5 Å². The van der Waals surface area contributed by atoms with E-state index in [9.17, 15) is 4.79 Å². The van der Waals surface area contributed by atoms with Crippen LogP contribution >= 0.6 is 11.8 Å². The number of H-pyrrole nitrogens is 1. The number of fused-ring (bicyclic) bond motifs is 1. The number of amides is 1. The highest BCUT2D eigenvalue weighted by Gasteiger charge is 2.28. The molecule has 2 N–H and O–H groups in total. The Hall–Kier alpha value is -2.73. The molecule has 2 heterocycles. The van der Waals surface area contributed by atoms with Gasteiger partial charge >= 0.3 is 0 Å². The monoisotopic (exact) mass is 379 g/mol. The molecule has 1 aliphatic rings.